The van der Waals surface area contributed by atoms with Crippen LogP contribution in [0.1, 0.15) is 25.5 Å². The average molecular weight is 362 g/mol. The highest BCUT2D eigenvalue weighted by Crippen LogP contribution is 2.32. The van der Waals surface area contributed by atoms with Crippen LogP contribution in [0, 0.1) is 0 Å². The lowest BCUT2D eigenvalue weighted by atomic mass is 10.1. The Hall–Kier alpha value is -2.12. The molecule has 0 aliphatic heterocycles. The Bertz CT molecular complexity index is 978. The van der Waals surface area contributed by atoms with Crippen LogP contribution in [0.5, 0.6) is 5.75 Å². The van der Waals surface area contributed by atoms with Crippen molar-refractivity contribution in [3.63, 3.8) is 0 Å². The van der Waals surface area contributed by atoms with Crippen molar-refractivity contribution in [2.24, 2.45) is 0 Å². The maximum atomic E-state index is 12.8. The Morgan fingerprint density at radius 1 is 1.12 bits per heavy atom. The highest BCUT2D eigenvalue weighted by Gasteiger charge is 2.20. The lowest BCUT2D eigenvalue weighted by Gasteiger charge is -2.11. The second-order valence-electron chi connectivity index (χ2n) is 5.65. The molecule has 0 atom stereocenters. The largest absolute Gasteiger partial charge is 0.496 e. The molecule has 126 valence electrons. The van der Waals surface area contributed by atoms with E-state index in [9.17, 15) is 8.42 Å². The molecule has 0 aliphatic carbocycles. The van der Waals surface area contributed by atoms with Crippen molar-refractivity contribution in [1.29, 1.82) is 0 Å². The minimum atomic E-state index is -3.73. The number of hydrogen-bond donors (Lipinski definition) is 1. The minimum absolute atomic E-state index is 0.209. The van der Waals surface area contributed by atoms with Gasteiger partial charge in [0.05, 0.1) is 17.7 Å². The van der Waals surface area contributed by atoms with Crippen LogP contribution in [-0.4, -0.2) is 20.5 Å². The number of benzene rings is 2. The third-order valence-electron chi connectivity index (χ3n) is 3.69. The van der Waals surface area contributed by atoms with Crippen molar-refractivity contribution in [2.75, 3.05) is 11.8 Å². The van der Waals surface area contributed by atoms with Crippen LogP contribution >= 0.6 is 11.3 Å². The summed E-state index contributed by atoms with van der Waals surface area (Å²) in [7, 11) is -2.17. The molecule has 0 saturated heterocycles. The van der Waals surface area contributed by atoms with Crippen LogP contribution in [0.15, 0.2) is 46.7 Å². The van der Waals surface area contributed by atoms with E-state index in [1.807, 2.05) is 31.4 Å². The SMILES string of the molecule is COc1ccc(S(=O)(=O)Nc2nc(C(C)C)cs2)c2ccccc12. The molecule has 24 heavy (non-hydrogen) atoms. The van der Waals surface area contributed by atoms with Gasteiger partial charge in [-0.05, 0) is 18.1 Å². The van der Waals surface area contributed by atoms with Gasteiger partial charge < -0.3 is 4.74 Å². The first-order chi connectivity index (χ1) is 11.4. The maximum Gasteiger partial charge on any atom is 0.264 e. The van der Waals surface area contributed by atoms with Crippen LogP contribution < -0.4 is 9.46 Å². The molecule has 0 saturated carbocycles. The lowest BCUT2D eigenvalue weighted by molar-refractivity contribution is 0.419. The molecule has 3 aromatic rings. The molecular weight excluding hydrogens is 344 g/mol. The van der Waals surface area contributed by atoms with E-state index in [4.69, 9.17) is 4.74 Å². The van der Waals surface area contributed by atoms with Gasteiger partial charge in [-0.15, -0.1) is 11.3 Å². The fourth-order valence-electron chi connectivity index (χ4n) is 2.42. The number of nitrogens with one attached hydrogen (secondary N) is 1. The Balaban J connectivity index is 2.05. The zero-order chi connectivity index (χ0) is 17.3. The number of methoxy groups -OCH3 is 1. The standard InChI is InChI=1S/C17H18N2O3S2/c1-11(2)14-10-23-17(18-14)19-24(20,21)16-9-8-15(22-3)12-6-4-5-7-13(12)16/h4-11H,1-3H3,(H,18,19). The Morgan fingerprint density at radius 2 is 1.83 bits per heavy atom. The summed E-state index contributed by atoms with van der Waals surface area (Å²) in [4.78, 5) is 4.55. The zero-order valence-electron chi connectivity index (χ0n) is 13.6. The third kappa shape index (κ3) is 3.09. The summed E-state index contributed by atoms with van der Waals surface area (Å²) in [6, 6.07) is 10.5. The fourth-order valence-corrected chi connectivity index (χ4v) is 4.76. The first kappa shape index (κ1) is 16.7. The molecule has 7 heteroatoms. The van der Waals surface area contributed by atoms with Crippen LogP contribution in [0.2, 0.25) is 0 Å². The molecule has 5 nitrogen and oxygen atoms in total. The van der Waals surface area contributed by atoms with Crippen LogP contribution in [0.3, 0.4) is 0 Å². The molecule has 0 radical (unpaired) electrons. The summed E-state index contributed by atoms with van der Waals surface area (Å²) in [6.45, 7) is 4.04. The predicted molar refractivity (Wildman–Crippen MR) is 97.5 cm³/mol. The van der Waals surface area contributed by atoms with E-state index >= 15 is 0 Å². The molecule has 0 unspecified atom stereocenters. The Labute approximate surface area is 145 Å². The van der Waals surface area contributed by atoms with Crippen molar-refractivity contribution < 1.29 is 13.2 Å². The number of hydrogen-bond acceptors (Lipinski definition) is 5. The molecule has 0 amide bonds. The Morgan fingerprint density at radius 3 is 2.46 bits per heavy atom. The Kier molecular flexibility index (Phi) is 4.47. The van der Waals surface area contributed by atoms with Crippen molar-refractivity contribution in [3.8, 4) is 5.75 Å². The second kappa shape index (κ2) is 6.41. The summed E-state index contributed by atoms with van der Waals surface area (Å²) in [5.74, 6) is 0.891. The van der Waals surface area contributed by atoms with Crippen molar-refractivity contribution in [1.82, 2.24) is 4.98 Å². The molecule has 3 rings (SSSR count). The average Bonchev–Trinajstić information content (AvgIpc) is 3.01. The molecule has 0 spiro atoms. The van der Waals surface area contributed by atoms with Crippen LogP contribution in [-0.2, 0) is 10.0 Å². The molecule has 2 aromatic carbocycles. The van der Waals surface area contributed by atoms with E-state index in [0.29, 0.717) is 16.3 Å². The molecule has 0 fully saturated rings. The predicted octanol–water partition coefficient (Wildman–Crippen LogP) is 4.23. The van der Waals surface area contributed by atoms with Gasteiger partial charge >= 0.3 is 0 Å². The first-order valence-electron chi connectivity index (χ1n) is 7.46. The van der Waals surface area contributed by atoms with E-state index in [1.54, 1.807) is 31.4 Å². The van der Waals surface area contributed by atoms with E-state index in [0.717, 1.165) is 11.1 Å². The van der Waals surface area contributed by atoms with Gasteiger partial charge in [-0.25, -0.2) is 13.4 Å². The number of ether oxygens (including phenoxy) is 1. The van der Waals surface area contributed by atoms with Gasteiger partial charge in [0.15, 0.2) is 5.13 Å². The lowest BCUT2D eigenvalue weighted by Crippen LogP contribution is -2.13. The van der Waals surface area contributed by atoms with E-state index in [-0.39, 0.29) is 10.8 Å². The summed E-state index contributed by atoms with van der Waals surface area (Å²) in [5.41, 5.74) is 0.872. The number of anilines is 1. The summed E-state index contributed by atoms with van der Waals surface area (Å²) in [5, 5.41) is 3.61. The molecule has 0 bridgehead atoms. The number of thiazole rings is 1. The maximum absolute atomic E-state index is 12.8. The topological polar surface area (TPSA) is 68.3 Å². The van der Waals surface area contributed by atoms with Crippen molar-refractivity contribution in [2.45, 2.75) is 24.7 Å². The highest BCUT2D eigenvalue weighted by atomic mass is 32.2. The van der Waals surface area contributed by atoms with Crippen molar-refractivity contribution >= 4 is 37.3 Å². The van der Waals surface area contributed by atoms with Gasteiger partial charge in [0, 0.05) is 16.2 Å². The molecule has 1 aromatic heterocycles. The molecule has 1 heterocycles. The number of nitrogens with zero attached hydrogens (tertiary/aromatic N) is 1. The molecule has 0 aliphatic rings. The van der Waals surface area contributed by atoms with E-state index in [2.05, 4.69) is 9.71 Å². The number of rotatable bonds is 5. The second-order valence-corrected chi connectivity index (χ2v) is 8.16. The zero-order valence-corrected chi connectivity index (χ0v) is 15.2. The molecule has 1 N–H and O–H groups in total. The van der Waals surface area contributed by atoms with Crippen LogP contribution in [0.4, 0.5) is 5.13 Å². The smallest absolute Gasteiger partial charge is 0.264 e. The van der Waals surface area contributed by atoms with Gasteiger partial charge in [-0.2, -0.15) is 0 Å². The number of sulfonamides is 1. The highest BCUT2D eigenvalue weighted by molar-refractivity contribution is 7.93. The summed E-state index contributed by atoms with van der Waals surface area (Å²) < 4.78 is 33.5. The van der Waals surface area contributed by atoms with Gasteiger partial charge in [0.1, 0.15) is 5.75 Å². The number of aromatic nitrogens is 1. The fraction of sp³-hybridized carbons (Fsp3) is 0.235. The van der Waals surface area contributed by atoms with E-state index in [1.165, 1.54) is 11.3 Å². The third-order valence-corrected chi connectivity index (χ3v) is 5.99. The normalized spacial score (nSPS) is 11.8. The van der Waals surface area contributed by atoms with Crippen LogP contribution in [0.25, 0.3) is 10.8 Å². The van der Waals surface area contributed by atoms with Gasteiger partial charge in [0.2, 0.25) is 0 Å². The number of fused-ring (bicyclic) bond motifs is 1. The first-order valence-corrected chi connectivity index (χ1v) is 9.82. The summed E-state index contributed by atoms with van der Waals surface area (Å²) >= 11 is 1.29. The summed E-state index contributed by atoms with van der Waals surface area (Å²) in [6.07, 6.45) is 0. The minimum Gasteiger partial charge on any atom is -0.496 e. The molecular formula is C17H18N2O3S2. The van der Waals surface area contributed by atoms with E-state index < -0.39 is 10.0 Å². The van der Waals surface area contributed by atoms with Gasteiger partial charge in [-0.1, -0.05) is 38.1 Å². The van der Waals surface area contributed by atoms with Crippen molar-refractivity contribution in [3.05, 3.63) is 47.5 Å². The van der Waals surface area contributed by atoms with Gasteiger partial charge in [0.25, 0.3) is 10.0 Å². The van der Waals surface area contributed by atoms with Gasteiger partial charge in [-0.3, -0.25) is 4.72 Å². The monoisotopic (exact) mass is 362 g/mol. The quantitative estimate of drug-likeness (QED) is 0.737.